The maximum absolute atomic E-state index is 12.3. The van der Waals surface area contributed by atoms with Crippen LogP contribution < -0.4 is 5.32 Å². The van der Waals surface area contributed by atoms with Gasteiger partial charge in [0.05, 0.1) is 10.7 Å². The van der Waals surface area contributed by atoms with Gasteiger partial charge in [0.2, 0.25) is 5.91 Å². The molecule has 1 aromatic carbocycles. The van der Waals surface area contributed by atoms with Gasteiger partial charge in [-0.25, -0.2) is 0 Å². The summed E-state index contributed by atoms with van der Waals surface area (Å²) in [6.45, 7) is 1.87. The number of phenols is 1. The number of anilines is 1. The van der Waals surface area contributed by atoms with Gasteiger partial charge in [-0.1, -0.05) is 29.3 Å². The Bertz CT molecular complexity index is 1020. The second-order valence-corrected chi connectivity index (χ2v) is 6.78. The fourth-order valence-corrected chi connectivity index (χ4v) is 3.45. The van der Waals surface area contributed by atoms with Gasteiger partial charge in [-0.2, -0.15) is 9.78 Å². The van der Waals surface area contributed by atoms with Crippen molar-refractivity contribution in [3.8, 4) is 11.6 Å². The van der Waals surface area contributed by atoms with Crippen molar-refractivity contribution in [2.45, 2.75) is 19.3 Å². The van der Waals surface area contributed by atoms with Crippen LogP contribution in [-0.4, -0.2) is 31.0 Å². The van der Waals surface area contributed by atoms with Gasteiger partial charge in [0.1, 0.15) is 11.6 Å². The minimum Gasteiger partial charge on any atom is -0.506 e. The number of fused-ring (bicyclic) bond motifs is 1. The van der Waals surface area contributed by atoms with E-state index >= 15 is 0 Å². The summed E-state index contributed by atoms with van der Waals surface area (Å²) in [6, 6.07) is 8.23. The quantitative estimate of drug-likeness (QED) is 0.699. The molecule has 0 spiro atoms. The first-order chi connectivity index (χ1) is 12.4. The molecule has 0 saturated heterocycles. The zero-order chi connectivity index (χ0) is 18.4. The Balaban J connectivity index is 1.86. The number of rotatable bonds is 2. The number of halogens is 2. The number of aryl methyl sites for hydroxylation is 1. The molecular weight excluding hydrogens is 377 g/mol. The molecule has 0 fully saturated rings. The van der Waals surface area contributed by atoms with E-state index in [9.17, 15) is 9.90 Å². The SMILES string of the molecule is Cc1nn(-c2ccc(Cl)nn2)c2c1[C@@H](c1ccc(O)c(Cl)c1)CC(=O)N2. The van der Waals surface area contributed by atoms with Crippen LogP contribution in [0.25, 0.3) is 5.82 Å². The number of carbonyl (C=O) groups is 1. The number of nitrogens with one attached hydrogen (secondary N) is 1. The molecule has 132 valence electrons. The monoisotopic (exact) mass is 389 g/mol. The van der Waals surface area contributed by atoms with Crippen LogP contribution in [0.15, 0.2) is 30.3 Å². The third kappa shape index (κ3) is 2.79. The number of phenolic OH excluding ortho intramolecular Hbond substituents is 1. The summed E-state index contributed by atoms with van der Waals surface area (Å²) in [5.74, 6) is 0.619. The average Bonchev–Trinajstić information content (AvgIpc) is 2.94. The largest absolute Gasteiger partial charge is 0.506 e. The lowest BCUT2D eigenvalue weighted by atomic mass is 9.86. The number of nitrogens with zero attached hydrogens (tertiary/aromatic N) is 4. The first kappa shape index (κ1) is 16.8. The predicted octanol–water partition coefficient (Wildman–Crippen LogP) is 3.46. The second-order valence-electron chi connectivity index (χ2n) is 5.99. The minimum atomic E-state index is -0.231. The molecule has 9 heteroatoms. The summed E-state index contributed by atoms with van der Waals surface area (Å²) >= 11 is 11.8. The van der Waals surface area contributed by atoms with Crippen LogP contribution in [0.2, 0.25) is 10.2 Å². The van der Waals surface area contributed by atoms with Gasteiger partial charge in [-0.05, 0) is 36.8 Å². The molecule has 7 nitrogen and oxygen atoms in total. The van der Waals surface area contributed by atoms with Crippen LogP contribution in [0.5, 0.6) is 5.75 Å². The Kier molecular flexibility index (Phi) is 4.05. The molecule has 0 unspecified atom stereocenters. The van der Waals surface area contributed by atoms with Crippen molar-refractivity contribution in [3.05, 3.63) is 57.3 Å². The van der Waals surface area contributed by atoms with E-state index in [4.69, 9.17) is 23.2 Å². The van der Waals surface area contributed by atoms with E-state index in [0.29, 0.717) is 11.6 Å². The molecule has 3 aromatic rings. The van der Waals surface area contributed by atoms with Gasteiger partial charge in [0, 0.05) is 17.9 Å². The average molecular weight is 390 g/mol. The maximum atomic E-state index is 12.3. The standard InChI is InChI=1S/C17H13Cl2N5O2/c1-8-16-10(9-2-3-12(25)11(18)6-9)7-15(26)20-17(16)24(23-8)14-5-4-13(19)21-22-14/h2-6,10,25H,7H2,1H3,(H,20,26)/t10-/m1/s1. The molecule has 4 rings (SSSR count). The van der Waals surface area contributed by atoms with Crippen LogP contribution in [0, 0.1) is 6.92 Å². The van der Waals surface area contributed by atoms with E-state index in [0.717, 1.165) is 16.8 Å². The Morgan fingerprint density at radius 2 is 2.04 bits per heavy atom. The predicted molar refractivity (Wildman–Crippen MR) is 97.1 cm³/mol. The highest BCUT2D eigenvalue weighted by Gasteiger charge is 2.33. The van der Waals surface area contributed by atoms with Crippen molar-refractivity contribution in [3.63, 3.8) is 0 Å². The lowest BCUT2D eigenvalue weighted by Crippen LogP contribution is -2.25. The molecule has 0 bridgehead atoms. The van der Waals surface area contributed by atoms with Crippen molar-refractivity contribution in [2.24, 2.45) is 0 Å². The third-order valence-corrected chi connectivity index (χ3v) is 4.82. The number of carbonyl (C=O) groups excluding carboxylic acids is 1. The first-order valence-corrected chi connectivity index (χ1v) is 8.57. The van der Waals surface area contributed by atoms with E-state index in [-0.39, 0.29) is 34.2 Å². The fraction of sp³-hybridized carbons (Fsp3) is 0.176. The zero-order valence-corrected chi connectivity index (χ0v) is 15.1. The summed E-state index contributed by atoms with van der Waals surface area (Å²) < 4.78 is 1.54. The van der Waals surface area contributed by atoms with E-state index in [1.165, 1.54) is 6.07 Å². The van der Waals surface area contributed by atoms with E-state index in [1.54, 1.807) is 28.9 Å². The number of aromatic hydroxyl groups is 1. The Labute approximate surface area is 158 Å². The molecule has 2 aromatic heterocycles. The Morgan fingerprint density at radius 3 is 2.73 bits per heavy atom. The van der Waals surface area contributed by atoms with Crippen molar-refractivity contribution < 1.29 is 9.90 Å². The molecule has 1 aliphatic rings. The van der Waals surface area contributed by atoms with E-state index < -0.39 is 0 Å². The van der Waals surface area contributed by atoms with Crippen LogP contribution >= 0.6 is 23.2 Å². The Hall–Kier alpha value is -2.64. The minimum absolute atomic E-state index is 0.000225. The van der Waals surface area contributed by atoms with Crippen molar-refractivity contribution >= 4 is 34.9 Å². The summed E-state index contributed by atoms with van der Waals surface area (Å²) in [4.78, 5) is 12.3. The van der Waals surface area contributed by atoms with Crippen molar-refractivity contribution in [1.82, 2.24) is 20.0 Å². The number of hydrogen-bond acceptors (Lipinski definition) is 5. The van der Waals surface area contributed by atoms with E-state index in [2.05, 4.69) is 20.6 Å². The van der Waals surface area contributed by atoms with Gasteiger partial charge < -0.3 is 10.4 Å². The van der Waals surface area contributed by atoms with Crippen molar-refractivity contribution in [2.75, 3.05) is 5.32 Å². The molecule has 3 heterocycles. The highest BCUT2D eigenvalue weighted by molar-refractivity contribution is 6.32. The summed E-state index contributed by atoms with van der Waals surface area (Å²) in [5, 5.41) is 25.4. The van der Waals surface area contributed by atoms with E-state index in [1.807, 2.05) is 6.92 Å². The second kappa shape index (κ2) is 6.26. The van der Waals surface area contributed by atoms with Gasteiger partial charge in [-0.3, -0.25) is 4.79 Å². The van der Waals surface area contributed by atoms with Crippen LogP contribution in [0.3, 0.4) is 0 Å². The van der Waals surface area contributed by atoms with Gasteiger partial charge in [0.15, 0.2) is 11.0 Å². The van der Waals surface area contributed by atoms with Crippen LogP contribution in [0.1, 0.15) is 29.2 Å². The van der Waals surface area contributed by atoms with Crippen molar-refractivity contribution in [1.29, 1.82) is 0 Å². The summed E-state index contributed by atoms with van der Waals surface area (Å²) in [7, 11) is 0. The highest BCUT2D eigenvalue weighted by atomic mass is 35.5. The van der Waals surface area contributed by atoms with Crippen LogP contribution in [0.4, 0.5) is 5.82 Å². The molecule has 0 aliphatic carbocycles. The van der Waals surface area contributed by atoms with Crippen LogP contribution in [-0.2, 0) is 4.79 Å². The molecule has 2 N–H and O–H groups in total. The van der Waals surface area contributed by atoms with Gasteiger partial charge in [0.25, 0.3) is 0 Å². The molecular formula is C17H13Cl2N5O2. The third-order valence-electron chi connectivity index (χ3n) is 4.31. The first-order valence-electron chi connectivity index (χ1n) is 7.81. The lowest BCUT2D eigenvalue weighted by Gasteiger charge is -2.24. The molecule has 1 amide bonds. The number of amides is 1. The normalized spacial score (nSPS) is 16.3. The Morgan fingerprint density at radius 1 is 1.23 bits per heavy atom. The molecule has 0 saturated carbocycles. The zero-order valence-electron chi connectivity index (χ0n) is 13.6. The molecule has 1 atom stereocenters. The summed E-state index contributed by atoms with van der Waals surface area (Å²) in [5.41, 5.74) is 2.46. The topological polar surface area (TPSA) is 92.9 Å². The number of benzene rings is 1. The molecule has 0 radical (unpaired) electrons. The highest BCUT2D eigenvalue weighted by Crippen LogP contribution is 2.41. The smallest absolute Gasteiger partial charge is 0.226 e. The number of hydrogen-bond donors (Lipinski definition) is 2. The molecule has 1 aliphatic heterocycles. The van der Waals surface area contributed by atoms with Gasteiger partial charge >= 0.3 is 0 Å². The summed E-state index contributed by atoms with van der Waals surface area (Å²) in [6.07, 6.45) is 0.257. The molecule has 26 heavy (non-hydrogen) atoms. The maximum Gasteiger partial charge on any atom is 0.226 e. The fourth-order valence-electron chi connectivity index (χ4n) is 3.16. The lowest BCUT2D eigenvalue weighted by molar-refractivity contribution is -0.116. The van der Waals surface area contributed by atoms with Gasteiger partial charge in [-0.15, -0.1) is 10.2 Å². The number of aromatic nitrogens is 4.